The summed E-state index contributed by atoms with van der Waals surface area (Å²) in [6.45, 7) is 2.29. The predicted octanol–water partition coefficient (Wildman–Crippen LogP) is 9.20. The molecule has 3 nitrogen and oxygen atoms in total. The molecular weight excluding hydrogens is 384 g/mol. The summed E-state index contributed by atoms with van der Waals surface area (Å²) in [6.07, 6.45) is 31.5. The monoisotopic (exact) mass is 440 g/mol. The van der Waals surface area contributed by atoms with E-state index in [4.69, 9.17) is 5.11 Å². The fourth-order valence-corrected chi connectivity index (χ4v) is 4.47. The second-order valence-corrected chi connectivity index (χ2v) is 9.82. The Hall–Kier alpha value is -0.570. The van der Waals surface area contributed by atoms with Crippen LogP contribution < -0.4 is 0 Å². The van der Waals surface area contributed by atoms with E-state index in [1.165, 1.54) is 135 Å². The van der Waals surface area contributed by atoms with Gasteiger partial charge in [-0.25, -0.2) is 0 Å². The van der Waals surface area contributed by atoms with Crippen LogP contribution in [0.1, 0.15) is 167 Å². The molecule has 31 heavy (non-hydrogen) atoms. The second kappa shape index (κ2) is 25.7. The summed E-state index contributed by atoms with van der Waals surface area (Å²) in [5, 5.41) is 18.1. The van der Waals surface area contributed by atoms with Crippen LogP contribution in [0, 0.1) is 0 Å². The van der Waals surface area contributed by atoms with Crippen LogP contribution in [0.2, 0.25) is 0 Å². The van der Waals surface area contributed by atoms with E-state index < -0.39 is 12.1 Å². The van der Waals surface area contributed by atoms with E-state index in [-0.39, 0.29) is 6.42 Å². The van der Waals surface area contributed by atoms with Gasteiger partial charge in [0.1, 0.15) is 0 Å². The van der Waals surface area contributed by atoms with Crippen LogP contribution in [0.5, 0.6) is 0 Å². The number of unbranched alkanes of at least 4 members (excludes halogenated alkanes) is 22. The van der Waals surface area contributed by atoms with Gasteiger partial charge in [-0.1, -0.05) is 155 Å². The zero-order valence-electron chi connectivity index (χ0n) is 21.1. The van der Waals surface area contributed by atoms with Crippen molar-refractivity contribution in [2.75, 3.05) is 0 Å². The summed E-state index contributed by atoms with van der Waals surface area (Å²) in [5.41, 5.74) is 0. The largest absolute Gasteiger partial charge is 0.481 e. The average molecular weight is 441 g/mol. The van der Waals surface area contributed by atoms with E-state index in [1.54, 1.807) is 0 Å². The standard InChI is InChI=1S/C28H56O3/c1-2-3-4-5-6-7-8-9-10-11-12-13-14-15-16-17-18-19-20-21-22-23-24-25-27(29)26-28(30)31/h27,29H,2-26H2,1H3,(H,30,31). The van der Waals surface area contributed by atoms with Gasteiger partial charge in [0.05, 0.1) is 12.5 Å². The number of carboxylic acid groups (broad SMARTS) is 1. The van der Waals surface area contributed by atoms with Crippen molar-refractivity contribution < 1.29 is 15.0 Å². The lowest BCUT2D eigenvalue weighted by molar-refractivity contribution is -0.139. The van der Waals surface area contributed by atoms with Crippen molar-refractivity contribution in [1.29, 1.82) is 0 Å². The molecule has 0 aliphatic carbocycles. The van der Waals surface area contributed by atoms with Gasteiger partial charge in [-0.15, -0.1) is 0 Å². The van der Waals surface area contributed by atoms with Gasteiger partial charge in [-0.05, 0) is 6.42 Å². The van der Waals surface area contributed by atoms with Crippen LogP contribution in [-0.2, 0) is 4.79 Å². The first-order valence-corrected chi connectivity index (χ1v) is 14.1. The molecule has 2 N–H and O–H groups in total. The van der Waals surface area contributed by atoms with Crippen LogP contribution in [0.25, 0.3) is 0 Å². The minimum Gasteiger partial charge on any atom is -0.481 e. The van der Waals surface area contributed by atoms with Gasteiger partial charge in [0.2, 0.25) is 0 Å². The fourth-order valence-electron chi connectivity index (χ4n) is 4.47. The van der Waals surface area contributed by atoms with E-state index >= 15 is 0 Å². The lowest BCUT2D eigenvalue weighted by Crippen LogP contribution is -2.12. The van der Waals surface area contributed by atoms with Gasteiger partial charge in [0.15, 0.2) is 0 Å². The van der Waals surface area contributed by atoms with Crippen LogP contribution in [0.15, 0.2) is 0 Å². The van der Waals surface area contributed by atoms with Gasteiger partial charge in [-0.2, -0.15) is 0 Å². The van der Waals surface area contributed by atoms with Gasteiger partial charge in [0, 0.05) is 0 Å². The molecular formula is C28H56O3. The maximum absolute atomic E-state index is 10.5. The van der Waals surface area contributed by atoms with Crippen molar-refractivity contribution in [2.24, 2.45) is 0 Å². The maximum Gasteiger partial charge on any atom is 0.305 e. The lowest BCUT2D eigenvalue weighted by Gasteiger charge is -2.07. The summed E-state index contributed by atoms with van der Waals surface area (Å²) in [5.74, 6) is -0.901. The van der Waals surface area contributed by atoms with Crippen LogP contribution in [0.4, 0.5) is 0 Å². The number of aliphatic carboxylic acids is 1. The third-order valence-electron chi connectivity index (χ3n) is 6.55. The summed E-state index contributed by atoms with van der Waals surface area (Å²) in [7, 11) is 0. The third-order valence-corrected chi connectivity index (χ3v) is 6.55. The molecule has 0 aliphatic heterocycles. The molecule has 0 aromatic heterocycles. The normalized spacial score (nSPS) is 12.3. The molecule has 1 atom stereocenters. The van der Waals surface area contributed by atoms with E-state index in [9.17, 15) is 9.90 Å². The molecule has 186 valence electrons. The number of hydrogen-bond acceptors (Lipinski definition) is 2. The Balaban J connectivity index is 3.06. The first-order chi connectivity index (χ1) is 15.2. The van der Waals surface area contributed by atoms with Crippen molar-refractivity contribution in [1.82, 2.24) is 0 Å². The highest BCUT2D eigenvalue weighted by atomic mass is 16.4. The lowest BCUT2D eigenvalue weighted by atomic mass is 10.0. The third kappa shape index (κ3) is 27.4. The van der Waals surface area contributed by atoms with Crippen LogP contribution in [0.3, 0.4) is 0 Å². The number of hydrogen-bond donors (Lipinski definition) is 2. The van der Waals surface area contributed by atoms with E-state index in [1.807, 2.05) is 0 Å². The molecule has 0 rings (SSSR count). The smallest absolute Gasteiger partial charge is 0.305 e. The predicted molar refractivity (Wildman–Crippen MR) is 135 cm³/mol. The molecule has 0 spiro atoms. The maximum atomic E-state index is 10.5. The molecule has 0 aromatic carbocycles. The Labute approximate surface area is 194 Å². The topological polar surface area (TPSA) is 57.5 Å². The van der Waals surface area contributed by atoms with Gasteiger partial charge < -0.3 is 10.2 Å². The van der Waals surface area contributed by atoms with Crippen molar-refractivity contribution >= 4 is 5.97 Å². The molecule has 0 fully saturated rings. The summed E-state index contributed by atoms with van der Waals surface area (Å²) < 4.78 is 0. The van der Waals surface area contributed by atoms with E-state index in [2.05, 4.69) is 6.92 Å². The average Bonchev–Trinajstić information content (AvgIpc) is 2.73. The highest BCUT2D eigenvalue weighted by molar-refractivity contribution is 5.67. The highest BCUT2D eigenvalue weighted by Gasteiger charge is 2.08. The van der Waals surface area contributed by atoms with Crippen LogP contribution in [-0.4, -0.2) is 22.3 Å². The molecule has 0 amide bonds. The highest BCUT2D eigenvalue weighted by Crippen LogP contribution is 2.16. The molecule has 0 saturated carbocycles. The summed E-state index contributed by atoms with van der Waals surface area (Å²) in [6, 6.07) is 0. The Morgan fingerprint density at radius 1 is 0.516 bits per heavy atom. The Morgan fingerprint density at radius 2 is 0.774 bits per heavy atom. The van der Waals surface area contributed by atoms with Crippen molar-refractivity contribution in [3.05, 3.63) is 0 Å². The number of aliphatic hydroxyl groups excluding tert-OH is 1. The number of rotatable bonds is 26. The number of carboxylic acids is 1. The molecule has 0 radical (unpaired) electrons. The quantitative estimate of drug-likeness (QED) is 0.132. The summed E-state index contributed by atoms with van der Waals surface area (Å²) in [4.78, 5) is 10.5. The van der Waals surface area contributed by atoms with Gasteiger partial charge in [0.25, 0.3) is 0 Å². The first-order valence-electron chi connectivity index (χ1n) is 14.1. The Kier molecular flexibility index (Phi) is 25.2. The number of aliphatic hydroxyl groups is 1. The Morgan fingerprint density at radius 3 is 1.03 bits per heavy atom. The van der Waals surface area contributed by atoms with Crippen molar-refractivity contribution in [3.63, 3.8) is 0 Å². The van der Waals surface area contributed by atoms with Crippen molar-refractivity contribution in [3.8, 4) is 0 Å². The van der Waals surface area contributed by atoms with E-state index in [0.29, 0.717) is 6.42 Å². The van der Waals surface area contributed by atoms with Gasteiger partial charge >= 0.3 is 5.97 Å². The van der Waals surface area contributed by atoms with Gasteiger partial charge in [-0.3, -0.25) is 4.79 Å². The zero-order chi connectivity index (χ0) is 22.8. The van der Waals surface area contributed by atoms with Crippen LogP contribution >= 0.6 is 0 Å². The molecule has 0 aromatic rings. The fraction of sp³-hybridized carbons (Fsp3) is 0.964. The van der Waals surface area contributed by atoms with Crippen molar-refractivity contribution in [2.45, 2.75) is 174 Å². The molecule has 0 bridgehead atoms. The number of carbonyl (C=O) groups is 1. The second-order valence-electron chi connectivity index (χ2n) is 9.82. The SMILES string of the molecule is CCCCCCCCCCCCCCCCCCCCCCCCCC(O)CC(=O)O. The molecule has 0 heterocycles. The first kappa shape index (κ1) is 30.4. The minimum atomic E-state index is -0.901. The summed E-state index contributed by atoms with van der Waals surface area (Å²) >= 11 is 0. The molecule has 0 aliphatic rings. The molecule has 0 saturated heterocycles. The molecule has 1 unspecified atom stereocenters. The zero-order valence-corrected chi connectivity index (χ0v) is 21.1. The molecule has 3 heteroatoms. The minimum absolute atomic E-state index is 0.112. The Bertz CT molecular complexity index is 356. The van der Waals surface area contributed by atoms with E-state index in [0.717, 1.165) is 12.8 Å².